The molecule has 17 heavy (non-hydrogen) atoms. The van der Waals surface area contributed by atoms with Crippen LogP contribution in [0.4, 0.5) is 0 Å². The van der Waals surface area contributed by atoms with Crippen molar-refractivity contribution in [3.8, 4) is 0 Å². The van der Waals surface area contributed by atoms with Gasteiger partial charge in [0, 0.05) is 17.7 Å². The topological polar surface area (TPSA) is 30.2 Å². The Morgan fingerprint density at radius 2 is 2.35 bits per heavy atom. The molecule has 86 valence electrons. The molecule has 4 heteroatoms. The number of fused-ring (bicyclic) bond motifs is 1. The normalized spacial score (nSPS) is 41.4. The van der Waals surface area contributed by atoms with Gasteiger partial charge < -0.3 is 0 Å². The van der Waals surface area contributed by atoms with Gasteiger partial charge >= 0.3 is 0 Å². The number of hydrogen-bond donors (Lipinski definition) is 0. The Labute approximate surface area is 104 Å². The summed E-state index contributed by atoms with van der Waals surface area (Å²) in [6.07, 6.45) is 6.04. The van der Waals surface area contributed by atoms with Gasteiger partial charge in [-0.15, -0.1) is 0 Å². The number of halogens is 1. The van der Waals surface area contributed by atoms with E-state index < -0.39 is 0 Å². The third-order valence-electron chi connectivity index (χ3n) is 5.24. The molecule has 5 rings (SSSR count). The Morgan fingerprint density at radius 3 is 3.12 bits per heavy atom. The quantitative estimate of drug-likeness (QED) is 0.724. The highest BCUT2D eigenvalue weighted by Crippen LogP contribution is 2.88. The van der Waals surface area contributed by atoms with Crippen molar-refractivity contribution < 1.29 is 0 Å². The van der Waals surface area contributed by atoms with Crippen LogP contribution in [0.15, 0.2) is 18.3 Å². The molecule has 3 aliphatic rings. The van der Waals surface area contributed by atoms with E-state index in [1.165, 1.54) is 25.0 Å². The summed E-state index contributed by atoms with van der Waals surface area (Å²) in [5.74, 6) is 2.60. The van der Waals surface area contributed by atoms with Crippen LogP contribution in [0.25, 0.3) is 5.65 Å². The van der Waals surface area contributed by atoms with Crippen molar-refractivity contribution >= 4 is 17.2 Å². The van der Waals surface area contributed by atoms with Crippen molar-refractivity contribution in [1.82, 2.24) is 14.6 Å². The SMILES string of the molecule is Clc1cc(C2C3CCC4CC432)nc2ccnn12. The average molecular weight is 246 g/mol. The summed E-state index contributed by atoms with van der Waals surface area (Å²) in [4.78, 5) is 4.73. The second kappa shape index (κ2) is 2.51. The molecule has 3 nitrogen and oxygen atoms in total. The highest BCUT2D eigenvalue weighted by atomic mass is 35.5. The third-order valence-corrected chi connectivity index (χ3v) is 5.51. The Hall–Kier alpha value is -1.09. The molecule has 0 saturated heterocycles. The Balaban J connectivity index is 1.66. The van der Waals surface area contributed by atoms with E-state index in [9.17, 15) is 0 Å². The third kappa shape index (κ3) is 0.888. The monoisotopic (exact) mass is 245 g/mol. The van der Waals surface area contributed by atoms with Crippen LogP contribution in [0.1, 0.15) is 30.9 Å². The highest BCUT2D eigenvalue weighted by molar-refractivity contribution is 6.29. The lowest BCUT2D eigenvalue weighted by Crippen LogP contribution is -1.98. The Morgan fingerprint density at radius 1 is 1.41 bits per heavy atom. The first-order valence-corrected chi connectivity index (χ1v) is 6.69. The molecule has 3 saturated carbocycles. The van der Waals surface area contributed by atoms with E-state index in [1.807, 2.05) is 12.1 Å². The van der Waals surface area contributed by atoms with Gasteiger partial charge in [-0.3, -0.25) is 0 Å². The van der Waals surface area contributed by atoms with Crippen molar-refractivity contribution in [2.45, 2.75) is 25.2 Å². The van der Waals surface area contributed by atoms with Crippen molar-refractivity contribution in [3.05, 3.63) is 29.2 Å². The van der Waals surface area contributed by atoms with Gasteiger partial charge in [-0.1, -0.05) is 11.6 Å². The van der Waals surface area contributed by atoms with Crippen LogP contribution < -0.4 is 0 Å². The van der Waals surface area contributed by atoms with Crippen molar-refractivity contribution in [1.29, 1.82) is 0 Å². The van der Waals surface area contributed by atoms with E-state index in [-0.39, 0.29) is 0 Å². The standard InChI is InChI=1S/C13H12ClN3/c14-10-5-9(16-11-3-4-15-17(10)11)12-8-2-1-7-6-13(7,8)12/h3-5,7-8,12H,1-2,6H2. The number of aromatic nitrogens is 3. The molecule has 0 N–H and O–H groups in total. The maximum atomic E-state index is 6.25. The molecule has 2 aromatic heterocycles. The van der Waals surface area contributed by atoms with Crippen LogP contribution in [0.5, 0.6) is 0 Å². The largest absolute Gasteiger partial charge is 0.233 e. The molecule has 0 aliphatic heterocycles. The van der Waals surface area contributed by atoms with Gasteiger partial charge in [0.1, 0.15) is 5.15 Å². The van der Waals surface area contributed by atoms with E-state index in [1.54, 1.807) is 10.7 Å². The minimum Gasteiger partial charge on any atom is -0.233 e. The van der Waals surface area contributed by atoms with Gasteiger partial charge in [-0.2, -0.15) is 5.10 Å². The molecule has 0 bridgehead atoms. The molecule has 2 aromatic rings. The lowest BCUT2D eigenvalue weighted by molar-refractivity contribution is 0.641. The fraction of sp³-hybridized carbons (Fsp3) is 0.538. The van der Waals surface area contributed by atoms with Crippen LogP contribution in [0.3, 0.4) is 0 Å². The zero-order valence-electron chi connectivity index (χ0n) is 9.31. The molecule has 0 aromatic carbocycles. The number of rotatable bonds is 1. The summed E-state index contributed by atoms with van der Waals surface area (Å²) in [5, 5.41) is 4.85. The number of nitrogens with zero attached hydrogens (tertiary/aromatic N) is 3. The van der Waals surface area contributed by atoms with E-state index in [4.69, 9.17) is 16.6 Å². The zero-order valence-corrected chi connectivity index (χ0v) is 10.1. The maximum absolute atomic E-state index is 6.25. The van der Waals surface area contributed by atoms with E-state index in [0.29, 0.717) is 16.5 Å². The Bertz CT molecular complexity index is 649. The Kier molecular flexibility index (Phi) is 1.32. The molecule has 3 fully saturated rings. The van der Waals surface area contributed by atoms with Gasteiger partial charge in [0.25, 0.3) is 0 Å². The first kappa shape index (κ1) is 8.92. The molecule has 2 heterocycles. The predicted octanol–water partition coefficient (Wildman–Crippen LogP) is 2.90. The van der Waals surface area contributed by atoms with Gasteiger partial charge in [-0.05, 0) is 42.6 Å². The minimum atomic E-state index is 0.661. The van der Waals surface area contributed by atoms with Gasteiger partial charge in [0.2, 0.25) is 0 Å². The second-order valence-corrected chi connectivity index (χ2v) is 6.17. The molecule has 4 atom stereocenters. The summed E-state index contributed by atoms with van der Waals surface area (Å²) in [6, 6.07) is 3.95. The molecule has 4 unspecified atom stereocenters. The van der Waals surface area contributed by atoms with Crippen LogP contribution in [-0.4, -0.2) is 14.6 Å². The molecule has 3 aliphatic carbocycles. The summed E-state index contributed by atoms with van der Waals surface area (Å²) < 4.78 is 1.70. The summed E-state index contributed by atoms with van der Waals surface area (Å²) in [6.45, 7) is 0. The number of hydrogen-bond acceptors (Lipinski definition) is 2. The van der Waals surface area contributed by atoms with E-state index >= 15 is 0 Å². The van der Waals surface area contributed by atoms with Crippen molar-refractivity contribution in [2.75, 3.05) is 0 Å². The van der Waals surface area contributed by atoms with E-state index in [2.05, 4.69) is 5.10 Å². The maximum Gasteiger partial charge on any atom is 0.156 e. The predicted molar refractivity (Wildman–Crippen MR) is 64.0 cm³/mol. The summed E-state index contributed by atoms with van der Waals surface area (Å²) in [7, 11) is 0. The molecular formula is C13H12ClN3. The first-order valence-electron chi connectivity index (χ1n) is 6.31. The lowest BCUT2D eigenvalue weighted by atomic mass is 10.1. The average Bonchev–Trinajstić information content (AvgIpc) is 3.06. The van der Waals surface area contributed by atoms with Crippen LogP contribution >= 0.6 is 11.6 Å². The van der Waals surface area contributed by atoms with Crippen LogP contribution in [-0.2, 0) is 0 Å². The van der Waals surface area contributed by atoms with E-state index in [0.717, 1.165) is 17.5 Å². The van der Waals surface area contributed by atoms with Crippen LogP contribution in [0.2, 0.25) is 5.15 Å². The smallest absolute Gasteiger partial charge is 0.156 e. The first-order chi connectivity index (χ1) is 8.30. The highest BCUT2D eigenvalue weighted by Gasteiger charge is 2.80. The molecular weight excluding hydrogens is 234 g/mol. The minimum absolute atomic E-state index is 0.661. The summed E-state index contributed by atoms with van der Waals surface area (Å²) >= 11 is 6.25. The fourth-order valence-corrected chi connectivity index (χ4v) is 4.71. The molecule has 0 radical (unpaired) electrons. The zero-order chi connectivity index (χ0) is 11.2. The second-order valence-electron chi connectivity index (χ2n) is 5.78. The van der Waals surface area contributed by atoms with Gasteiger partial charge in [-0.25, -0.2) is 9.50 Å². The summed E-state index contributed by atoms with van der Waals surface area (Å²) in [5.41, 5.74) is 2.75. The fourth-order valence-electron chi connectivity index (χ4n) is 4.46. The van der Waals surface area contributed by atoms with Gasteiger partial charge in [0.05, 0.1) is 6.20 Å². The lowest BCUT2D eigenvalue weighted by Gasteiger charge is -2.04. The van der Waals surface area contributed by atoms with Crippen LogP contribution in [0, 0.1) is 17.3 Å². The molecule has 0 amide bonds. The van der Waals surface area contributed by atoms with Crippen molar-refractivity contribution in [2.24, 2.45) is 17.3 Å². The van der Waals surface area contributed by atoms with Gasteiger partial charge in [0.15, 0.2) is 5.65 Å². The van der Waals surface area contributed by atoms with Crippen molar-refractivity contribution in [3.63, 3.8) is 0 Å². The molecule has 1 spiro atoms.